The number of hydrogen-bond acceptors (Lipinski definition) is 5. The largest absolute Gasteiger partial charge is 0.382 e. The molecule has 0 aromatic heterocycles. The number of nitriles is 1. The van der Waals surface area contributed by atoms with Crippen molar-refractivity contribution in [1.29, 1.82) is 5.26 Å². The SMILES string of the molecule is COCC(C)OC(CCC#N)OC(C)COC. The van der Waals surface area contributed by atoms with Crippen LogP contribution in [-0.2, 0) is 18.9 Å². The zero-order chi connectivity index (χ0) is 13.1. The van der Waals surface area contributed by atoms with Crippen LogP contribution in [0.1, 0.15) is 26.7 Å². The standard InChI is InChI=1S/C12H23NO4/c1-10(8-14-3)16-12(6-5-7-13)17-11(2)9-15-4/h10-12H,5-6,8-9H2,1-4H3. The average molecular weight is 245 g/mol. The molecular weight excluding hydrogens is 222 g/mol. The molecule has 0 fully saturated rings. The van der Waals surface area contributed by atoms with Gasteiger partial charge in [0.1, 0.15) is 0 Å². The average Bonchev–Trinajstić information content (AvgIpc) is 2.26. The molecular formula is C12H23NO4. The van der Waals surface area contributed by atoms with Gasteiger partial charge in [0.15, 0.2) is 6.29 Å². The molecule has 0 rings (SSSR count). The molecule has 0 aromatic rings. The third-order valence-electron chi connectivity index (χ3n) is 2.06. The molecule has 0 aliphatic heterocycles. The lowest BCUT2D eigenvalue weighted by molar-refractivity contribution is -0.203. The first-order valence-electron chi connectivity index (χ1n) is 5.79. The summed E-state index contributed by atoms with van der Waals surface area (Å²) in [5.74, 6) is 0. The van der Waals surface area contributed by atoms with Crippen molar-refractivity contribution in [3.63, 3.8) is 0 Å². The Hall–Kier alpha value is -0.670. The molecule has 100 valence electrons. The Kier molecular flexibility index (Phi) is 10.1. The van der Waals surface area contributed by atoms with Crippen LogP contribution in [0.25, 0.3) is 0 Å². The van der Waals surface area contributed by atoms with E-state index in [-0.39, 0.29) is 18.5 Å². The fraction of sp³-hybridized carbons (Fsp3) is 0.917. The molecule has 0 N–H and O–H groups in total. The first-order valence-corrected chi connectivity index (χ1v) is 5.79. The summed E-state index contributed by atoms with van der Waals surface area (Å²) in [5.41, 5.74) is 0. The van der Waals surface area contributed by atoms with Crippen molar-refractivity contribution >= 4 is 0 Å². The van der Waals surface area contributed by atoms with E-state index in [1.54, 1.807) is 14.2 Å². The minimum atomic E-state index is -0.384. The highest BCUT2D eigenvalue weighted by molar-refractivity contribution is 4.70. The molecule has 0 spiro atoms. The molecule has 5 heteroatoms. The lowest BCUT2D eigenvalue weighted by Crippen LogP contribution is -2.30. The summed E-state index contributed by atoms with van der Waals surface area (Å²) in [6, 6.07) is 2.09. The van der Waals surface area contributed by atoms with Crippen LogP contribution in [0.15, 0.2) is 0 Å². The minimum Gasteiger partial charge on any atom is -0.382 e. The van der Waals surface area contributed by atoms with Crippen LogP contribution >= 0.6 is 0 Å². The molecule has 5 nitrogen and oxygen atoms in total. The topological polar surface area (TPSA) is 60.7 Å². The molecule has 0 heterocycles. The van der Waals surface area contributed by atoms with Gasteiger partial charge in [-0.2, -0.15) is 5.26 Å². The fourth-order valence-corrected chi connectivity index (χ4v) is 1.42. The van der Waals surface area contributed by atoms with E-state index in [1.165, 1.54) is 0 Å². The molecule has 0 aliphatic rings. The maximum absolute atomic E-state index is 8.58. The van der Waals surface area contributed by atoms with Gasteiger partial charge in [-0.25, -0.2) is 0 Å². The third kappa shape index (κ3) is 9.07. The van der Waals surface area contributed by atoms with Crippen molar-refractivity contribution < 1.29 is 18.9 Å². The maximum atomic E-state index is 8.58. The van der Waals surface area contributed by atoms with Gasteiger partial charge in [-0.1, -0.05) is 0 Å². The summed E-state index contributed by atoms with van der Waals surface area (Å²) in [6.07, 6.45) is 0.463. The van der Waals surface area contributed by atoms with E-state index in [0.29, 0.717) is 26.1 Å². The van der Waals surface area contributed by atoms with Gasteiger partial charge in [0, 0.05) is 27.1 Å². The summed E-state index contributed by atoms with van der Waals surface area (Å²) in [6.45, 7) is 4.83. The Morgan fingerprint density at radius 2 is 1.47 bits per heavy atom. The molecule has 0 radical (unpaired) electrons. The first kappa shape index (κ1) is 16.3. The van der Waals surface area contributed by atoms with Gasteiger partial charge in [-0.05, 0) is 13.8 Å². The number of hydrogen-bond donors (Lipinski definition) is 0. The highest BCUT2D eigenvalue weighted by Crippen LogP contribution is 2.10. The van der Waals surface area contributed by atoms with Crippen LogP contribution in [0.3, 0.4) is 0 Å². The number of nitrogens with zero attached hydrogens (tertiary/aromatic N) is 1. The van der Waals surface area contributed by atoms with Crippen LogP contribution in [0.2, 0.25) is 0 Å². The summed E-state index contributed by atoms with van der Waals surface area (Å²) >= 11 is 0. The third-order valence-corrected chi connectivity index (χ3v) is 2.06. The van der Waals surface area contributed by atoms with Gasteiger partial charge >= 0.3 is 0 Å². The quantitative estimate of drug-likeness (QED) is 0.548. The molecule has 0 aromatic carbocycles. The van der Waals surface area contributed by atoms with E-state index in [0.717, 1.165) is 0 Å². The molecule has 0 saturated carbocycles. The van der Waals surface area contributed by atoms with Crippen molar-refractivity contribution in [3.05, 3.63) is 0 Å². The smallest absolute Gasteiger partial charge is 0.159 e. The summed E-state index contributed by atoms with van der Waals surface area (Å²) in [5, 5.41) is 8.58. The lowest BCUT2D eigenvalue weighted by atomic mass is 10.3. The Balaban J connectivity index is 4.08. The Labute approximate surface area is 104 Å². The highest BCUT2D eigenvalue weighted by atomic mass is 16.7. The Morgan fingerprint density at radius 1 is 1.00 bits per heavy atom. The minimum absolute atomic E-state index is 0.0570. The second-order valence-electron chi connectivity index (χ2n) is 3.93. The molecule has 0 aliphatic carbocycles. The molecule has 0 bridgehead atoms. The van der Waals surface area contributed by atoms with Crippen LogP contribution in [-0.4, -0.2) is 45.9 Å². The zero-order valence-electron chi connectivity index (χ0n) is 11.1. The first-order chi connectivity index (χ1) is 8.13. The lowest BCUT2D eigenvalue weighted by Gasteiger charge is -2.24. The fourth-order valence-electron chi connectivity index (χ4n) is 1.42. The number of rotatable bonds is 10. The van der Waals surface area contributed by atoms with Crippen LogP contribution in [0.4, 0.5) is 0 Å². The number of methoxy groups -OCH3 is 2. The van der Waals surface area contributed by atoms with Gasteiger partial charge in [-0.15, -0.1) is 0 Å². The van der Waals surface area contributed by atoms with Crippen molar-refractivity contribution in [2.75, 3.05) is 27.4 Å². The summed E-state index contributed by atoms with van der Waals surface area (Å²) in [4.78, 5) is 0. The van der Waals surface area contributed by atoms with Gasteiger partial charge in [0.05, 0.1) is 31.5 Å². The second-order valence-corrected chi connectivity index (χ2v) is 3.93. The predicted molar refractivity (Wildman–Crippen MR) is 63.5 cm³/mol. The van der Waals surface area contributed by atoms with Crippen LogP contribution in [0, 0.1) is 11.3 Å². The Morgan fingerprint density at radius 3 is 1.82 bits per heavy atom. The van der Waals surface area contributed by atoms with Gasteiger partial charge in [0.2, 0.25) is 0 Å². The number of ether oxygens (including phenoxy) is 4. The zero-order valence-corrected chi connectivity index (χ0v) is 11.1. The summed E-state index contributed by atoms with van der Waals surface area (Å²) < 4.78 is 21.3. The van der Waals surface area contributed by atoms with Crippen molar-refractivity contribution in [3.8, 4) is 6.07 Å². The second kappa shape index (κ2) is 10.5. The molecule has 2 unspecified atom stereocenters. The van der Waals surface area contributed by atoms with Crippen molar-refractivity contribution in [1.82, 2.24) is 0 Å². The molecule has 0 amide bonds. The van der Waals surface area contributed by atoms with Gasteiger partial charge in [0.25, 0.3) is 0 Å². The summed E-state index contributed by atoms with van der Waals surface area (Å²) in [7, 11) is 3.25. The van der Waals surface area contributed by atoms with E-state index in [2.05, 4.69) is 6.07 Å². The normalized spacial score (nSPS) is 16.2. The maximum Gasteiger partial charge on any atom is 0.159 e. The molecule has 2 atom stereocenters. The Bertz CT molecular complexity index is 203. The predicted octanol–water partition coefficient (Wildman–Crippen LogP) is 1.72. The van der Waals surface area contributed by atoms with E-state index >= 15 is 0 Å². The van der Waals surface area contributed by atoms with Gasteiger partial charge in [-0.3, -0.25) is 0 Å². The van der Waals surface area contributed by atoms with E-state index in [1.807, 2.05) is 13.8 Å². The highest BCUT2D eigenvalue weighted by Gasteiger charge is 2.16. The monoisotopic (exact) mass is 245 g/mol. The molecule has 17 heavy (non-hydrogen) atoms. The van der Waals surface area contributed by atoms with Crippen LogP contribution in [0.5, 0.6) is 0 Å². The van der Waals surface area contributed by atoms with E-state index in [4.69, 9.17) is 24.2 Å². The van der Waals surface area contributed by atoms with Crippen LogP contribution < -0.4 is 0 Å². The molecule has 0 saturated heterocycles. The van der Waals surface area contributed by atoms with E-state index in [9.17, 15) is 0 Å². The van der Waals surface area contributed by atoms with Crippen molar-refractivity contribution in [2.45, 2.75) is 45.2 Å². The van der Waals surface area contributed by atoms with Gasteiger partial charge < -0.3 is 18.9 Å². The van der Waals surface area contributed by atoms with E-state index < -0.39 is 0 Å². The van der Waals surface area contributed by atoms with Crippen molar-refractivity contribution in [2.24, 2.45) is 0 Å².